The van der Waals surface area contributed by atoms with Gasteiger partial charge in [0.1, 0.15) is 0 Å². The van der Waals surface area contributed by atoms with Crippen molar-refractivity contribution in [2.45, 2.75) is 12.5 Å². The topological polar surface area (TPSA) is 78.3 Å². The Balaban J connectivity index is 2.43. The number of ether oxygens (including phenoxy) is 1. The van der Waals surface area contributed by atoms with Crippen LogP contribution in [0.4, 0.5) is 10.5 Å². The van der Waals surface area contributed by atoms with Crippen LogP contribution in [0.25, 0.3) is 10.4 Å². The SMILES string of the molecule is COC(=O)N1C[C@H](N=[N+]=[N-])Cc2cc(Br)ccc21. The Bertz CT molecular complexity index is 528. The van der Waals surface area contributed by atoms with Crippen LogP contribution in [0.1, 0.15) is 5.56 Å². The van der Waals surface area contributed by atoms with E-state index in [4.69, 9.17) is 10.3 Å². The van der Waals surface area contributed by atoms with E-state index >= 15 is 0 Å². The second kappa shape index (κ2) is 5.29. The van der Waals surface area contributed by atoms with E-state index in [0.717, 1.165) is 15.7 Å². The summed E-state index contributed by atoms with van der Waals surface area (Å²) in [5, 5.41) is 3.69. The van der Waals surface area contributed by atoms with Crippen LogP contribution < -0.4 is 4.90 Å². The summed E-state index contributed by atoms with van der Waals surface area (Å²) in [6, 6.07) is 5.37. The fourth-order valence-electron chi connectivity index (χ4n) is 2.04. The molecule has 7 heteroatoms. The number of methoxy groups -OCH3 is 1. The van der Waals surface area contributed by atoms with Crippen LogP contribution in [-0.4, -0.2) is 25.8 Å². The quantitative estimate of drug-likeness (QED) is 0.453. The maximum atomic E-state index is 11.7. The lowest BCUT2D eigenvalue weighted by atomic mass is 9.99. The number of rotatable bonds is 1. The minimum absolute atomic E-state index is 0.268. The number of nitrogens with zero attached hydrogens (tertiary/aromatic N) is 4. The molecule has 1 aliphatic heterocycles. The lowest BCUT2D eigenvalue weighted by Gasteiger charge is -2.31. The molecule has 2 rings (SSSR count). The standard InChI is InChI=1S/C11H11BrN4O2/c1-18-11(17)16-6-9(14-15-13)5-7-4-8(12)2-3-10(7)16/h2-4,9H,5-6H2,1H3/t9-/m1/s1. The second-order valence-electron chi connectivity index (χ2n) is 3.92. The second-order valence-corrected chi connectivity index (χ2v) is 4.83. The van der Waals surface area contributed by atoms with Crippen LogP contribution in [-0.2, 0) is 11.2 Å². The van der Waals surface area contributed by atoms with Crippen LogP contribution in [0, 0.1) is 0 Å². The molecule has 1 heterocycles. The number of halogens is 1. The first-order chi connectivity index (χ1) is 8.65. The summed E-state index contributed by atoms with van der Waals surface area (Å²) >= 11 is 3.39. The van der Waals surface area contributed by atoms with Gasteiger partial charge in [0.2, 0.25) is 0 Å². The van der Waals surface area contributed by atoms with E-state index in [-0.39, 0.29) is 6.04 Å². The lowest BCUT2D eigenvalue weighted by Crippen LogP contribution is -2.41. The lowest BCUT2D eigenvalue weighted by molar-refractivity contribution is 0.177. The highest BCUT2D eigenvalue weighted by molar-refractivity contribution is 9.10. The summed E-state index contributed by atoms with van der Waals surface area (Å²) in [4.78, 5) is 16.0. The van der Waals surface area contributed by atoms with Crippen molar-refractivity contribution >= 4 is 27.7 Å². The summed E-state index contributed by atoms with van der Waals surface area (Å²) in [6.07, 6.45) is 0.170. The smallest absolute Gasteiger partial charge is 0.414 e. The molecule has 0 radical (unpaired) electrons. The molecule has 1 amide bonds. The normalized spacial score (nSPS) is 17.7. The fraction of sp³-hybridized carbons (Fsp3) is 0.364. The zero-order chi connectivity index (χ0) is 13.1. The number of azide groups is 1. The molecule has 6 nitrogen and oxygen atoms in total. The Labute approximate surface area is 112 Å². The Morgan fingerprint density at radius 2 is 2.44 bits per heavy atom. The van der Waals surface area contributed by atoms with Gasteiger partial charge < -0.3 is 4.74 Å². The minimum Gasteiger partial charge on any atom is -0.452 e. The van der Waals surface area contributed by atoms with Crippen LogP contribution >= 0.6 is 15.9 Å². The first-order valence-electron chi connectivity index (χ1n) is 5.34. The highest BCUT2D eigenvalue weighted by atomic mass is 79.9. The molecule has 0 saturated heterocycles. The molecule has 1 aromatic rings. The first-order valence-corrected chi connectivity index (χ1v) is 6.13. The Morgan fingerprint density at radius 3 is 3.11 bits per heavy atom. The van der Waals surface area contributed by atoms with Crippen molar-refractivity contribution in [1.82, 2.24) is 0 Å². The third-order valence-electron chi connectivity index (χ3n) is 2.79. The number of anilines is 1. The molecular formula is C11H11BrN4O2. The summed E-state index contributed by atoms with van der Waals surface area (Å²) < 4.78 is 5.67. The van der Waals surface area contributed by atoms with Gasteiger partial charge in [-0.1, -0.05) is 21.0 Å². The number of fused-ring (bicyclic) bond motifs is 1. The molecule has 94 valence electrons. The molecule has 1 aliphatic rings. The van der Waals surface area contributed by atoms with Crippen molar-refractivity contribution in [2.75, 3.05) is 18.6 Å². The van der Waals surface area contributed by atoms with Crippen molar-refractivity contribution in [3.05, 3.63) is 38.7 Å². The largest absolute Gasteiger partial charge is 0.452 e. The number of carbonyl (C=O) groups is 1. The molecule has 0 saturated carbocycles. The van der Waals surface area contributed by atoms with E-state index in [2.05, 4.69) is 26.0 Å². The Hall–Kier alpha value is -1.72. The van der Waals surface area contributed by atoms with Crippen molar-refractivity contribution in [3.63, 3.8) is 0 Å². The maximum absolute atomic E-state index is 11.7. The number of amides is 1. The summed E-state index contributed by atoms with van der Waals surface area (Å²) in [7, 11) is 1.33. The zero-order valence-electron chi connectivity index (χ0n) is 9.71. The van der Waals surface area contributed by atoms with Gasteiger partial charge in [0.05, 0.1) is 18.8 Å². The van der Waals surface area contributed by atoms with Crippen molar-refractivity contribution in [3.8, 4) is 0 Å². The highest BCUT2D eigenvalue weighted by Gasteiger charge is 2.28. The van der Waals surface area contributed by atoms with Gasteiger partial charge >= 0.3 is 6.09 Å². The van der Waals surface area contributed by atoms with Crippen LogP contribution in [0.5, 0.6) is 0 Å². The van der Waals surface area contributed by atoms with E-state index in [1.165, 1.54) is 12.0 Å². The molecule has 0 N–H and O–H groups in total. The third kappa shape index (κ3) is 2.42. The molecule has 0 fully saturated rings. The van der Waals surface area contributed by atoms with Gasteiger partial charge in [-0.15, -0.1) is 0 Å². The van der Waals surface area contributed by atoms with Crippen molar-refractivity contribution in [2.24, 2.45) is 5.11 Å². The van der Waals surface area contributed by atoms with Gasteiger partial charge in [0.25, 0.3) is 0 Å². The predicted octanol–water partition coefficient (Wildman–Crippen LogP) is 3.26. The van der Waals surface area contributed by atoms with E-state index in [1.807, 2.05) is 18.2 Å². The van der Waals surface area contributed by atoms with Crippen molar-refractivity contribution < 1.29 is 9.53 Å². The van der Waals surface area contributed by atoms with Crippen LogP contribution in [0.15, 0.2) is 27.8 Å². The van der Waals surface area contributed by atoms with Crippen molar-refractivity contribution in [1.29, 1.82) is 0 Å². The van der Waals surface area contributed by atoms with Gasteiger partial charge in [-0.3, -0.25) is 4.90 Å². The number of hydrogen-bond acceptors (Lipinski definition) is 3. The summed E-state index contributed by atoms with van der Waals surface area (Å²) in [6.45, 7) is 0.339. The summed E-state index contributed by atoms with van der Waals surface area (Å²) in [5.74, 6) is 0. The molecular weight excluding hydrogens is 300 g/mol. The van der Waals surface area contributed by atoms with Gasteiger partial charge in [-0.25, -0.2) is 4.79 Å². The van der Waals surface area contributed by atoms with E-state index in [0.29, 0.717) is 13.0 Å². The van der Waals surface area contributed by atoms with Gasteiger partial charge in [-0.05, 0) is 35.7 Å². The highest BCUT2D eigenvalue weighted by Crippen LogP contribution is 2.31. The molecule has 0 spiro atoms. The average molecular weight is 311 g/mol. The van der Waals surface area contributed by atoms with Gasteiger partial charge in [0.15, 0.2) is 0 Å². The van der Waals surface area contributed by atoms with Gasteiger partial charge in [0, 0.05) is 15.9 Å². The maximum Gasteiger partial charge on any atom is 0.414 e. The van der Waals surface area contributed by atoms with Gasteiger partial charge in [-0.2, -0.15) is 0 Å². The third-order valence-corrected chi connectivity index (χ3v) is 3.28. The first kappa shape index (κ1) is 12.7. The zero-order valence-corrected chi connectivity index (χ0v) is 11.3. The van der Waals surface area contributed by atoms with Crippen LogP contribution in [0.3, 0.4) is 0 Å². The molecule has 0 bridgehead atoms. The number of carbonyl (C=O) groups excluding carboxylic acids is 1. The number of benzene rings is 1. The predicted molar refractivity (Wildman–Crippen MR) is 70.5 cm³/mol. The van der Waals surface area contributed by atoms with E-state index < -0.39 is 6.09 Å². The average Bonchev–Trinajstić information content (AvgIpc) is 2.36. The minimum atomic E-state index is -0.448. The van der Waals surface area contributed by atoms with E-state index in [9.17, 15) is 4.79 Å². The fourth-order valence-corrected chi connectivity index (χ4v) is 2.45. The molecule has 1 aromatic carbocycles. The summed E-state index contributed by atoms with van der Waals surface area (Å²) in [5.41, 5.74) is 10.3. The molecule has 1 atom stereocenters. The molecule has 0 unspecified atom stereocenters. The Kier molecular flexibility index (Phi) is 3.74. The Morgan fingerprint density at radius 1 is 1.67 bits per heavy atom. The van der Waals surface area contributed by atoms with Crippen LogP contribution in [0.2, 0.25) is 0 Å². The number of hydrogen-bond donors (Lipinski definition) is 0. The molecule has 0 aromatic heterocycles. The monoisotopic (exact) mass is 310 g/mol. The molecule has 0 aliphatic carbocycles. The van der Waals surface area contributed by atoms with E-state index in [1.54, 1.807) is 0 Å². The molecule has 18 heavy (non-hydrogen) atoms.